The zero-order valence-corrected chi connectivity index (χ0v) is 19.6. The van der Waals surface area contributed by atoms with Crippen molar-refractivity contribution in [2.75, 3.05) is 0 Å². The normalized spacial score (nSPS) is 17.5. The fourth-order valence-electron chi connectivity index (χ4n) is 3.60. The van der Waals surface area contributed by atoms with E-state index in [-0.39, 0.29) is 12.5 Å². The summed E-state index contributed by atoms with van der Waals surface area (Å²) in [6.45, 7) is 3.93. The molecule has 0 radical (unpaired) electrons. The van der Waals surface area contributed by atoms with Gasteiger partial charge >= 0.3 is 6.09 Å². The zero-order chi connectivity index (χ0) is 23.8. The lowest BCUT2D eigenvalue weighted by Crippen LogP contribution is -2.55. The van der Waals surface area contributed by atoms with Crippen LogP contribution in [0.4, 0.5) is 4.79 Å². The van der Waals surface area contributed by atoms with E-state index >= 15 is 0 Å². The van der Waals surface area contributed by atoms with Gasteiger partial charge in [0.25, 0.3) is 5.91 Å². The third-order valence-corrected chi connectivity index (χ3v) is 6.44. The number of alkyl carbamates (subject to hydrolysis) is 1. The largest absolute Gasteiger partial charge is 0.445 e. The number of rotatable bonds is 6. The lowest BCUT2D eigenvalue weighted by molar-refractivity contribution is -0.140. The van der Waals surface area contributed by atoms with Gasteiger partial charge in [0.05, 0.1) is 12.6 Å². The van der Waals surface area contributed by atoms with Crippen LogP contribution in [0.3, 0.4) is 0 Å². The molecule has 3 N–H and O–H groups in total. The molecular weight excluding hydrogens is 442 g/mol. The van der Waals surface area contributed by atoms with Gasteiger partial charge in [-0.25, -0.2) is 4.79 Å². The Balaban J connectivity index is 1.61. The Morgan fingerprint density at radius 2 is 1.94 bits per heavy atom. The molecule has 0 spiro atoms. The maximum absolute atomic E-state index is 13.0. The van der Waals surface area contributed by atoms with Crippen LogP contribution in [0.15, 0.2) is 41.8 Å². The van der Waals surface area contributed by atoms with Gasteiger partial charge in [0.1, 0.15) is 12.6 Å². The smallest absolute Gasteiger partial charge is 0.408 e. The van der Waals surface area contributed by atoms with E-state index < -0.39 is 35.8 Å². The number of hydrogen-bond acceptors (Lipinski definition) is 6. The molecule has 33 heavy (non-hydrogen) atoms. The molecule has 9 heteroatoms. The number of nitrogens with one attached hydrogen (secondary N) is 3. The molecule has 3 amide bonds. The number of fused-ring (bicyclic) bond motifs is 1. The molecular formula is C24H29N3O5S. The van der Waals surface area contributed by atoms with Gasteiger partial charge in [-0.3, -0.25) is 14.4 Å². The van der Waals surface area contributed by atoms with Crippen molar-refractivity contribution in [3.63, 3.8) is 0 Å². The molecule has 176 valence electrons. The highest BCUT2D eigenvalue weighted by molar-refractivity contribution is 7.10. The topological polar surface area (TPSA) is 114 Å². The van der Waals surface area contributed by atoms with Gasteiger partial charge in [-0.15, -0.1) is 11.3 Å². The highest BCUT2D eigenvalue weighted by Crippen LogP contribution is 2.20. The molecule has 1 aromatic carbocycles. The van der Waals surface area contributed by atoms with E-state index in [1.807, 2.05) is 41.8 Å². The summed E-state index contributed by atoms with van der Waals surface area (Å²) in [5.41, 5.74) is 1.97. The lowest BCUT2D eigenvalue weighted by Gasteiger charge is -2.25. The molecule has 1 aliphatic rings. The molecule has 1 aromatic heterocycles. The molecule has 2 heterocycles. The molecule has 0 saturated carbocycles. The first kappa shape index (κ1) is 24.4. The number of carbonyl (C=O) groups excluding carboxylic acids is 4. The van der Waals surface area contributed by atoms with Crippen LogP contribution in [0, 0.1) is 5.92 Å². The number of hydrogen-bond donors (Lipinski definition) is 3. The number of ether oxygens (including phenoxy) is 1. The first-order valence-electron chi connectivity index (χ1n) is 11.0. The second-order valence-electron chi connectivity index (χ2n) is 8.30. The third kappa shape index (κ3) is 6.89. The van der Waals surface area contributed by atoms with Crippen molar-refractivity contribution in [3.8, 4) is 0 Å². The van der Waals surface area contributed by atoms with Gasteiger partial charge < -0.3 is 20.7 Å². The molecule has 0 saturated heterocycles. The second-order valence-corrected chi connectivity index (χ2v) is 9.30. The molecule has 2 atom stereocenters. The SMILES string of the molecule is CC(C)C(NC(=O)OCc1ccccc1)C(=O)NC1CCCc2ccsc2CNC(=O)C1=O. The first-order chi connectivity index (χ1) is 15.8. The van der Waals surface area contributed by atoms with Crippen molar-refractivity contribution >= 4 is 35.0 Å². The van der Waals surface area contributed by atoms with Crippen LogP contribution in [-0.4, -0.2) is 35.8 Å². The van der Waals surface area contributed by atoms with E-state index in [1.165, 1.54) is 0 Å². The van der Waals surface area contributed by atoms with Gasteiger partial charge in [-0.2, -0.15) is 0 Å². The van der Waals surface area contributed by atoms with Crippen LogP contribution in [0.2, 0.25) is 0 Å². The highest BCUT2D eigenvalue weighted by atomic mass is 32.1. The number of benzene rings is 1. The zero-order valence-electron chi connectivity index (χ0n) is 18.8. The Bertz CT molecular complexity index is 989. The average Bonchev–Trinajstić information content (AvgIpc) is 3.25. The van der Waals surface area contributed by atoms with Crippen LogP contribution < -0.4 is 16.0 Å². The Morgan fingerprint density at radius 3 is 2.67 bits per heavy atom. The molecule has 3 rings (SSSR count). The Hall–Kier alpha value is -3.20. The summed E-state index contributed by atoms with van der Waals surface area (Å²) in [5, 5.41) is 9.86. The second kappa shape index (κ2) is 11.6. The summed E-state index contributed by atoms with van der Waals surface area (Å²) in [6, 6.07) is 9.35. The summed E-state index contributed by atoms with van der Waals surface area (Å²) < 4.78 is 5.22. The first-order valence-corrected chi connectivity index (χ1v) is 11.9. The number of ketones is 1. The van der Waals surface area contributed by atoms with Crippen molar-refractivity contribution < 1.29 is 23.9 Å². The van der Waals surface area contributed by atoms with Crippen molar-refractivity contribution in [2.24, 2.45) is 5.92 Å². The predicted octanol–water partition coefficient (Wildman–Crippen LogP) is 2.71. The Morgan fingerprint density at radius 1 is 1.18 bits per heavy atom. The summed E-state index contributed by atoms with van der Waals surface area (Å²) >= 11 is 1.55. The Kier molecular flexibility index (Phi) is 8.59. The minimum Gasteiger partial charge on any atom is -0.445 e. The molecule has 0 bridgehead atoms. The van der Waals surface area contributed by atoms with Crippen LogP contribution in [0.1, 0.15) is 42.7 Å². The molecule has 2 aromatic rings. The van der Waals surface area contributed by atoms with E-state index in [2.05, 4.69) is 16.0 Å². The van der Waals surface area contributed by atoms with Gasteiger partial charge in [-0.1, -0.05) is 44.2 Å². The van der Waals surface area contributed by atoms with E-state index in [9.17, 15) is 19.2 Å². The van der Waals surface area contributed by atoms with E-state index in [0.717, 1.165) is 22.4 Å². The minimum absolute atomic E-state index is 0.0744. The molecule has 2 unspecified atom stereocenters. The van der Waals surface area contributed by atoms with E-state index in [4.69, 9.17) is 4.74 Å². The van der Waals surface area contributed by atoms with E-state index in [1.54, 1.807) is 25.2 Å². The molecule has 1 aliphatic heterocycles. The number of thiophene rings is 1. The monoisotopic (exact) mass is 471 g/mol. The molecule has 0 fully saturated rings. The lowest BCUT2D eigenvalue weighted by atomic mass is 9.98. The summed E-state index contributed by atoms with van der Waals surface area (Å²) in [5.74, 6) is -2.19. The van der Waals surface area contributed by atoms with E-state index in [0.29, 0.717) is 19.4 Å². The van der Waals surface area contributed by atoms with Gasteiger partial charge in [0, 0.05) is 4.88 Å². The minimum atomic E-state index is -0.957. The van der Waals surface area contributed by atoms with Gasteiger partial charge in [0.2, 0.25) is 11.7 Å². The maximum atomic E-state index is 13.0. The van der Waals surface area contributed by atoms with Crippen molar-refractivity contribution in [3.05, 3.63) is 57.8 Å². The highest BCUT2D eigenvalue weighted by Gasteiger charge is 2.32. The summed E-state index contributed by atoms with van der Waals surface area (Å²) in [7, 11) is 0. The summed E-state index contributed by atoms with van der Waals surface area (Å²) in [6.07, 6.45) is 1.00. The predicted molar refractivity (Wildman–Crippen MR) is 124 cm³/mol. The van der Waals surface area contributed by atoms with Crippen LogP contribution in [-0.2, 0) is 38.7 Å². The average molecular weight is 472 g/mol. The van der Waals surface area contributed by atoms with Gasteiger partial charge in [-0.05, 0) is 47.8 Å². The van der Waals surface area contributed by atoms with Crippen LogP contribution in [0.5, 0.6) is 0 Å². The number of aryl methyl sites for hydroxylation is 1. The summed E-state index contributed by atoms with van der Waals surface area (Å²) in [4.78, 5) is 51.3. The Labute approximate surface area is 197 Å². The number of amides is 3. The van der Waals surface area contributed by atoms with Crippen molar-refractivity contribution in [1.82, 2.24) is 16.0 Å². The molecule has 8 nitrogen and oxygen atoms in total. The molecule has 0 aliphatic carbocycles. The maximum Gasteiger partial charge on any atom is 0.408 e. The number of carbonyl (C=O) groups is 4. The van der Waals surface area contributed by atoms with Crippen molar-refractivity contribution in [2.45, 2.75) is 58.3 Å². The third-order valence-electron chi connectivity index (χ3n) is 5.48. The fraction of sp³-hybridized carbons (Fsp3) is 0.417. The van der Waals surface area contributed by atoms with Crippen LogP contribution in [0.25, 0.3) is 0 Å². The fourth-order valence-corrected chi connectivity index (χ4v) is 4.48. The standard InChI is InChI=1S/C24H29N3O5S/c1-15(2)20(27-24(31)32-14-16-7-4-3-5-8-16)22(29)26-18-10-6-9-17-11-12-33-19(17)13-25-23(30)21(18)28/h3-5,7-8,11-12,15,18,20H,6,9-10,13-14H2,1-2H3,(H,25,30)(H,26,29)(H,27,31). The number of Topliss-reactive ketones (excluding diaryl/α,β-unsaturated/α-hetero) is 1. The van der Waals surface area contributed by atoms with Gasteiger partial charge in [0.15, 0.2) is 0 Å². The quantitative estimate of drug-likeness (QED) is 0.561. The van der Waals surface area contributed by atoms with Crippen molar-refractivity contribution in [1.29, 1.82) is 0 Å². The van der Waals surface area contributed by atoms with Crippen LogP contribution >= 0.6 is 11.3 Å².